The molecular formula is C32H27NO4. The number of nitrogens with zero attached hydrogens (tertiary/aromatic N) is 1. The SMILES string of the molecule is O=C(OCCCCOc1ccc(/C=C/c2ccc3ccccc3n2)cc1)c1ccc2cc(O)ccc2c1. The van der Waals surface area contributed by atoms with Gasteiger partial charge in [0.25, 0.3) is 0 Å². The van der Waals surface area contributed by atoms with Gasteiger partial charge in [0.05, 0.1) is 30.0 Å². The number of aromatic nitrogens is 1. The van der Waals surface area contributed by atoms with Crippen LogP contribution in [-0.2, 0) is 4.74 Å². The van der Waals surface area contributed by atoms with E-state index in [0.29, 0.717) is 25.2 Å². The number of para-hydroxylation sites is 1. The molecule has 5 nitrogen and oxygen atoms in total. The Morgan fingerprint density at radius 2 is 1.51 bits per heavy atom. The number of hydrogen-bond acceptors (Lipinski definition) is 5. The number of fused-ring (bicyclic) bond motifs is 2. The van der Waals surface area contributed by atoms with E-state index in [1.165, 1.54) is 0 Å². The Labute approximate surface area is 215 Å². The Kier molecular flexibility index (Phi) is 7.42. The third-order valence-electron chi connectivity index (χ3n) is 6.05. The van der Waals surface area contributed by atoms with Gasteiger partial charge >= 0.3 is 5.97 Å². The fourth-order valence-corrected chi connectivity index (χ4v) is 4.03. The zero-order chi connectivity index (χ0) is 25.5. The standard InChI is InChI=1S/C32H27NO4/c34-29-16-13-25-21-27(11-10-26(25)22-29)32(35)37-20-4-3-19-36-30-17-8-23(9-18-30)7-14-28-15-12-24-5-1-2-6-31(24)33-28/h1-2,5-18,21-22,34H,3-4,19-20H2/b14-7+. The first kappa shape index (κ1) is 24.1. The van der Waals surface area contributed by atoms with Crippen molar-refractivity contribution in [3.05, 3.63) is 114 Å². The number of carbonyl (C=O) groups excluding carboxylic acids is 1. The van der Waals surface area contributed by atoms with E-state index >= 15 is 0 Å². The van der Waals surface area contributed by atoms with Crippen molar-refractivity contribution >= 4 is 39.8 Å². The van der Waals surface area contributed by atoms with E-state index < -0.39 is 0 Å². The van der Waals surface area contributed by atoms with Gasteiger partial charge < -0.3 is 14.6 Å². The molecule has 0 bridgehead atoms. The van der Waals surface area contributed by atoms with E-state index in [1.807, 2.05) is 60.7 Å². The molecule has 0 aliphatic carbocycles. The second kappa shape index (κ2) is 11.4. The molecule has 1 aromatic heterocycles. The molecule has 184 valence electrons. The first-order valence-electron chi connectivity index (χ1n) is 12.3. The Morgan fingerprint density at radius 3 is 2.41 bits per heavy atom. The highest BCUT2D eigenvalue weighted by molar-refractivity contribution is 5.95. The summed E-state index contributed by atoms with van der Waals surface area (Å²) in [5.41, 5.74) is 3.47. The van der Waals surface area contributed by atoms with Gasteiger partial charge in [-0.3, -0.25) is 0 Å². The van der Waals surface area contributed by atoms with Crippen LogP contribution in [0.2, 0.25) is 0 Å². The molecule has 1 heterocycles. The summed E-state index contributed by atoms with van der Waals surface area (Å²) in [6, 6.07) is 30.4. The van der Waals surface area contributed by atoms with Crippen molar-refractivity contribution in [3.63, 3.8) is 0 Å². The maximum Gasteiger partial charge on any atom is 0.338 e. The average Bonchev–Trinajstić information content (AvgIpc) is 2.94. The maximum atomic E-state index is 12.3. The number of phenolic OH excluding ortho intramolecular Hbond substituents is 1. The number of aromatic hydroxyl groups is 1. The summed E-state index contributed by atoms with van der Waals surface area (Å²) in [4.78, 5) is 17.0. The fourth-order valence-electron chi connectivity index (χ4n) is 4.03. The maximum absolute atomic E-state index is 12.3. The number of pyridine rings is 1. The van der Waals surface area contributed by atoms with Crippen molar-refractivity contribution in [1.29, 1.82) is 0 Å². The van der Waals surface area contributed by atoms with Crippen molar-refractivity contribution in [1.82, 2.24) is 4.98 Å². The number of esters is 1. The van der Waals surface area contributed by atoms with Crippen LogP contribution in [0.3, 0.4) is 0 Å². The van der Waals surface area contributed by atoms with Gasteiger partial charge in [-0.05, 0) is 83.8 Å². The molecule has 0 aliphatic heterocycles. The molecule has 37 heavy (non-hydrogen) atoms. The topological polar surface area (TPSA) is 68.7 Å². The zero-order valence-corrected chi connectivity index (χ0v) is 20.3. The molecule has 0 saturated heterocycles. The smallest absolute Gasteiger partial charge is 0.338 e. The Balaban J connectivity index is 1.03. The van der Waals surface area contributed by atoms with Crippen molar-refractivity contribution in [3.8, 4) is 11.5 Å². The molecule has 0 fully saturated rings. The molecule has 0 amide bonds. The molecular weight excluding hydrogens is 462 g/mol. The summed E-state index contributed by atoms with van der Waals surface area (Å²) in [6.07, 6.45) is 5.54. The first-order valence-corrected chi connectivity index (χ1v) is 12.3. The van der Waals surface area contributed by atoms with Gasteiger partial charge in [0.1, 0.15) is 11.5 Å². The average molecular weight is 490 g/mol. The van der Waals surface area contributed by atoms with Gasteiger partial charge in [-0.15, -0.1) is 0 Å². The number of hydrogen-bond donors (Lipinski definition) is 1. The predicted molar refractivity (Wildman–Crippen MR) is 148 cm³/mol. The summed E-state index contributed by atoms with van der Waals surface area (Å²) in [5.74, 6) is 0.658. The number of benzene rings is 4. The summed E-state index contributed by atoms with van der Waals surface area (Å²) < 4.78 is 11.2. The monoisotopic (exact) mass is 489 g/mol. The highest BCUT2D eigenvalue weighted by Gasteiger charge is 2.08. The summed E-state index contributed by atoms with van der Waals surface area (Å²) in [6.45, 7) is 0.884. The van der Waals surface area contributed by atoms with Crippen molar-refractivity contribution in [2.24, 2.45) is 0 Å². The second-order valence-electron chi connectivity index (χ2n) is 8.77. The molecule has 5 rings (SSSR count). The molecule has 0 spiro atoms. The molecule has 1 N–H and O–H groups in total. The minimum Gasteiger partial charge on any atom is -0.508 e. The quantitative estimate of drug-likeness (QED) is 0.174. The van der Waals surface area contributed by atoms with Crippen LogP contribution in [0.25, 0.3) is 33.8 Å². The van der Waals surface area contributed by atoms with Gasteiger partial charge in [0, 0.05) is 5.39 Å². The zero-order valence-electron chi connectivity index (χ0n) is 20.3. The minimum absolute atomic E-state index is 0.201. The Hall–Kier alpha value is -4.64. The van der Waals surface area contributed by atoms with E-state index in [0.717, 1.165) is 45.1 Å². The first-order chi connectivity index (χ1) is 18.1. The van der Waals surface area contributed by atoms with Crippen molar-refractivity contribution in [2.45, 2.75) is 12.8 Å². The molecule has 0 unspecified atom stereocenters. The van der Waals surface area contributed by atoms with E-state index in [1.54, 1.807) is 36.4 Å². The van der Waals surface area contributed by atoms with Crippen molar-refractivity contribution in [2.75, 3.05) is 13.2 Å². The Bertz CT molecular complexity index is 1560. The predicted octanol–water partition coefficient (Wildman–Crippen LogP) is 7.28. The lowest BCUT2D eigenvalue weighted by atomic mass is 10.1. The van der Waals surface area contributed by atoms with Gasteiger partial charge in [0.15, 0.2) is 0 Å². The molecule has 0 atom stereocenters. The summed E-state index contributed by atoms with van der Waals surface area (Å²) in [5, 5.41) is 12.4. The van der Waals surface area contributed by atoms with Crippen molar-refractivity contribution < 1.29 is 19.4 Å². The molecule has 0 aliphatic rings. The van der Waals surface area contributed by atoms with Crippen LogP contribution in [0, 0.1) is 0 Å². The van der Waals surface area contributed by atoms with E-state index in [4.69, 9.17) is 9.47 Å². The second-order valence-corrected chi connectivity index (χ2v) is 8.77. The number of carbonyl (C=O) groups is 1. The van der Waals surface area contributed by atoms with E-state index in [2.05, 4.69) is 17.1 Å². The van der Waals surface area contributed by atoms with Gasteiger partial charge in [-0.25, -0.2) is 9.78 Å². The fraction of sp³-hybridized carbons (Fsp3) is 0.125. The number of rotatable bonds is 9. The van der Waals surface area contributed by atoms with Gasteiger partial charge in [0.2, 0.25) is 0 Å². The van der Waals surface area contributed by atoms with Crippen LogP contribution in [0.15, 0.2) is 97.1 Å². The molecule has 0 saturated carbocycles. The number of phenols is 1. The number of ether oxygens (including phenoxy) is 2. The van der Waals surface area contributed by atoms with Crippen LogP contribution < -0.4 is 4.74 Å². The largest absolute Gasteiger partial charge is 0.508 e. The lowest BCUT2D eigenvalue weighted by molar-refractivity contribution is 0.0494. The van der Waals surface area contributed by atoms with Crippen LogP contribution in [0.1, 0.15) is 34.5 Å². The highest BCUT2D eigenvalue weighted by atomic mass is 16.5. The highest BCUT2D eigenvalue weighted by Crippen LogP contribution is 2.22. The van der Waals surface area contributed by atoms with Crippen LogP contribution in [0.5, 0.6) is 11.5 Å². The Morgan fingerprint density at radius 1 is 0.757 bits per heavy atom. The summed E-state index contributed by atoms with van der Waals surface area (Å²) in [7, 11) is 0. The third kappa shape index (κ3) is 6.33. The lowest BCUT2D eigenvalue weighted by Gasteiger charge is -2.08. The molecule has 5 aromatic rings. The lowest BCUT2D eigenvalue weighted by Crippen LogP contribution is -2.07. The van der Waals surface area contributed by atoms with Crippen LogP contribution in [-0.4, -0.2) is 29.3 Å². The van der Waals surface area contributed by atoms with Crippen LogP contribution >= 0.6 is 0 Å². The van der Waals surface area contributed by atoms with E-state index in [9.17, 15) is 9.90 Å². The van der Waals surface area contributed by atoms with Gasteiger partial charge in [-0.2, -0.15) is 0 Å². The molecule has 5 heteroatoms. The minimum atomic E-state index is -0.349. The van der Waals surface area contributed by atoms with E-state index in [-0.39, 0.29) is 11.7 Å². The van der Waals surface area contributed by atoms with Crippen LogP contribution in [0.4, 0.5) is 0 Å². The normalized spacial score (nSPS) is 11.2. The third-order valence-corrected chi connectivity index (χ3v) is 6.05. The molecule has 4 aromatic carbocycles. The van der Waals surface area contributed by atoms with Gasteiger partial charge in [-0.1, -0.05) is 54.6 Å². The number of unbranched alkanes of at least 4 members (excludes halogenated alkanes) is 1. The molecule has 0 radical (unpaired) electrons. The summed E-state index contributed by atoms with van der Waals surface area (Å²) >= 11 is 0.